The van der Waals surface area contributed by atoms with Crippen molar-refractivity contribution in [3.63, 3.8) is 0 Å². The highest BCUT2D eigenvalue weighted by Crippen LogP contribution is 2.28. The van der Waals surface area contributed by atoms with Gasteiger partial charge in [0.2, 0.25) is 10.0 Å². The fourth-order valence-corrected chi connectivity index (χ4v) is 3.74. The minimum Gasteiger partial charge on any atom is -0.480 e. The molecule has 1 heterocycles. The third-order valence-corrected chi connectivity index (χ3v) is 5.65. The summed E-state index contributed by atoms with van der Waals surface area (Å²) < 4.78 is 65.9. The molecule has 0 amide bonds. The smallest absolute Gasteiger partial charge is 0.480 e. The minimum absolute atomic E-state index is 0.0587. The van der Waals surface area contributed by atoms with Crippen LogP contribution in [0.4, 0.5) is 13.2 Å². The first-order valence-corrected chi connectivity index (χ1v) is 8.26. The number of rotatable bonds is 4. The van der Waals surface area contributed by atoms with E-state index in [1.807, 2.05) is 0 Å². The predicted octanol–water partition coefficient (Wildman–Crippen LogP) is 1.15. The van der Waals surface area contributed by atoms with E-state index < -0.39 is 33.6 Å². The molecule has 1 saturated heterocycles. The number of benzene rings is 1. The number of sulfonamides is 1. The van der Waals surface area contributed by atoms with E-state index in [4.69, 9.17) is 10.8 Å². The number of aliphatic carboxylic acids is 1. The van der Waals surface area contributed by atoms with Gasteiger partial charge in [0.1, 0.15) is 11.3 Å². The Morgan fingerprint density at radius 3 is 2.12 bits per heavy atom. The van der Waals surface area contributed by atoms with Gasteiger partial charge < -0.3 is 15.6 Å². The number of ether oxygens (including phenoxy) is 1. The molecule has 1 aliphatic heterocycles. The molecule has 1 aromatic rings. The van der Waals surface area contributed by atoms with Gasteiger partial charge in [-0.05, 0) is 37.1 Å². The van der Waals surface area contributed by atoms with Gasteiger partial charge in [0.05, 0.1) is 4.90 Å². The lowest BCUT2D eigenvalue weighted by Gasteiger charge is -2.35. The maximum absolute atomic E-state index is 12.4. The average molecular weight is 368 g/mol. The predicted molar refractivity (Wildman–Crippen MR) is 75.7 cm³/mol. The number of hydrogen-bond acceptors (Lipinski definition) is 5. The molecule has 1 aromatic carbocycles. The molecule has 3 N–H and O–H groups in total. The van der Waals surface area contributed by atoms with Gasteiger partial charge in [-0.15, -0.1) is 13.2 Å². The van der Waals surface area contributed by atoms with Crippen LogP contribution >= 0.6 is 0 Å². The number of nitrogens with zero attached hydrogens (tertiary/aromatic N) is 1. The SMILES string of the molecule is NC1(C(=O)O)CCN(S(=O)(=O)c2ccc(OC(F)(F)F)cc2)CC1. The van der Waals surface area contributed by atoms with Crippen LogP contribution in [0.2, 0.25) is 0 Å². The number of halogens is 3. The van der Waals surface area contributed by atoms with Crippen LogP contribution in [0.1, 0.15) is 12.8 Å². The van der Waals surface area contributed by atoms with Crippen molar-refractivity contribution >= 4 is 16.0 Å². The molecule has 0 radical (unpaired) electrons. The number of nitrogens with two attached hydrogens (primary N) is 1. The van der Waals surface area contributed by atoms with Crippen LogP contribution in [-0.4, -0.2) is 48.8 Å². The molecule has 7 nitrogen and oxygen atoms in total. The molecule has 0 aliphatic carbocycles. The highest BCUT2D eigenvalue weighted by Gasteiger charge is 2.41. The molecule has 24 heavy (non-hydrogen) atoms. The molecule has 1 fully saturated rings. The molecule has 2 rings (SSSR count). The summed E-state index contributed by atoms with van der Waals surface area (Å²) in [5.74, 6) is -1.74. The number of alkyl halides is 3. The molecular formula is C13H15F3N2O5S. The molecule has 0 spiro atoms. The number of carboxylic acids is 1. The zero-order valence-corrected chi connectivity index (χ0v) is 13.1. The van der Waals surface area contributed by atoms with Gasteiger partial charge in [0, 0.05) is 13.1 Å². The topological polar surface area (TPSA) is 110 Å². The first-order chi connectivity index (χ1) is 10.9. The fraction of sp³-hybridized carbons (Fsp3) is 0.462. The molecule has 134 valence electrons. The second kappa shape index (κ2) is 6.22. The van der Waals surface area contributed by atoms with Gasteiger partial charge >= 0.3 is 12.3 Å². The van der Waals surface area contributed by atoms with Gasteiger partial charge in [0.25, 0.3) is 0 Å². The monoisotopic (exact) mass is 368 g/mol. The Balaban J connectivity index is 2.13. The van der Waals surface area contributed by atoms with Gasteiger partial charge in [0.15, 0.2) is 0 Å². The summed E-state index contributed by atoms with van der Waals surface area (Å²) in [6.45, 7) is -0.183. The second-order valence-electron chi connectivity index (χ2n) is 5.38. The van der Waals surface area contributed by atoms with Crippen LogP contribution in [0, 0.1) is 0 Å². The lowest BCUT2D eigenvalue weighted by Crippen LogP contribution is -2.56. The quantitative estimate of drug-likeness (QED) is 0.825. The molecule has 0 unspecified atom stereocenters. The number of piperidine rings is 1. The molecular weight excluding hydrogens is 353 g/mol. The fourth-order valence-electron chi connectivity index (χ4n) is 2.30. The van der Waals surface area contributed by atoms with Crippen molar-refractivity contribution in [1.82, 2.24) is 4.31 Å². The second-order valence-corrected chi connectivity index (χ2v) is 7.32. The van der Waals surface area contributed by atoms with Crippen molar-refractivity contribution in [2.75, 3.05) is 13.1 Å². The van der Waals surface area contributed by atoms with E-state index in [-0.39, 0.29) is 30.8 Å². The van der Waals surface area contributed by atoms with Crippen LogP contribution < -0.4 is 10.5 Å². The Morgan fingerprint density at radius 1 is 1.21 bits per heavy atom. The van der Waals surface area contributed by atoms with E-state index in [1.54, 1.807) is 0 Å². The summed E-state index contributed by atoms with van der Waals surface area (Å²) in [5, 5.41) is 9.03. The van der Waals surface area contributed by atoms with Crippen LogP contribution in [0.15, 0.2) is 29.2 Å². The summed E-state index contributed by atoms with van der Waals surface area (Å²) in [4.78, 5) is 10.8. The Hall–Kier alpha value is -1.85. The highest BCUT2D eigenvalue weighted by atomic mass is 32.2. The summed E-state index contributed by atoms with van der Waals surface area (Å²) in [7, 11) is -3.95. The zero-order chi connectivity index (χ0) is 18.2. The Kier molecular flexibility index (Phi) is 4.79. The van der Waals surface area contributed by atoms with Gasteiger partial charge in [-0.3, -0.25) is 4.79 Å². The van der Waals surface area contributed by atoms with E-state index in [1.165, 1.54) is 0 Å². The number of hydrogen-bond donors (Lipinski definition) is 2. The van der Waals surface area contributed by atoms with Crippen molar-refractivity contribution in [1.29, 1.82) is 0 Å². The summed E-state index contributed by atoms with van der Waals surface area (Å²) in [6.07, 6.45) is -4.98. The molecule has 0 aromatic heterocycles. The summed E-state index contributed by atoms with van der Waals surface area (Å²) in [5.41, 5.74) is 4.20. The van der Waals surface area contributed by atoms with E-state index in [0.717, 1.165) is 28.6 Å². The van der Waals surface area contributed by atoms with E-state index in [0.29, 0.717) is 0 Å². The molecule has 0 bridgehead atoms. The van der Waals surface area contributed by atoms with E-state index in [9.17, 15) is 26.4 Å². The largest absolute Gasteiger partial charge is 0.573 e. The molecule has 1 aliphatic rings. The normalized spacial score (nSPS) is 19.0. The van der Waals surface area contributed by atoms with Gasteiger partial charge in [-0.1, -0.05) is 0 Å². The van der Waals surface area contributed by atoms with Crippen LogP contribution in [-0.2, 0) is 14.8 Å². The average Bonchev–Trinajstić information content (AvgIpc) is 2.46. The Bertz CT molecular complexity index is 710. The first-order valence-electron chi connectivity index (χ1n) is 6.82. The molecule has 11 heteroatoms. The van der Waals surface area contributed by atoms with E-state index in [2.05, 4.69) is 4.74 Å². The van der Waals surface area contributed by atoms with Crippen molar-refractivity contribution in [3.05, 3.63) is 24.3 Å². The maximum atomic E-state index is 12.4. The van der Waals surface area contributed by atoms with Crippen molar-refractivity contribution in [2.24, 2.45) is 5.73 Å². The van der Waals surface area contributed by atoms with Gasteiger partial charge in [-0.25, -0.2) is 8.42 Å². The highest BCUT2D eigenvalue weighted by molar-refractivity contribution is 7.89. The van der Waals surface area contributed by atoms with Crippen LogP contribution in [0.3, 0.4) is 0 Å². The van der Waals surface area contributed by atoms with Crippen LogP contribution in [0.25, 0.3) is 0 Å². The molecule has 0 atom stereocenters. The first kappa shape index (κ1) is 18.5. The summed E-state index contributed by atoms with van der Waals surface area (Å²) in [6, 6.07) is 3.79. The number of carboxylic acid groups (broad SMARTS) is 1. The van der Waals surface area contributed by atoms with Crippen molar-refractivity contribution in [2.45, 2.75) is 29.6 Å². The molecule has 0 saturated carbocycles. The Morgan fingerprint density at radius 2 is 1.71 bits per heavy atom. The zero-order valence-electron chi connectivity index (χ0n) is 12.3. The summed E-state index contributed by atoms with van der Waals surface area (Å²) >= 11 is 0. The van der Waals surface area contributed by atoms with Crippen molar-refractivity contribution in [3.8, 4) is 5.75 Å². The maximum Gasteiger partial charge on any atom is 0.573 e. The minimum atomic E-state index is -4.87. The van der Waals surface area contributed by atoms with E-state index >= 15 is 0 Å². The third-order valence-electron chi connectivity index (χ3n) is 3.74. The lowest BCUT2D eigenvalue weighted by molar-refractivity contribution is -0.274. The van der Waals surface area contributed by atoms with Gasteiger partial charge in [-0.2, -0.15) is 4.31 Å². The van der Waals surface area contributed by atoms with Crippen LogP contribution in [0.5, 0.6) is 5.75 Å². The third kappa shape index (κ3) is 3.97. The standard InChI is InChI=1S/C13H15F3N2O5S/c14-13(15,16)23-9-1-3-10(4-2-9)24(21,22)18-7-5-12(17,6-8-18)11(19)20/h1-4H,5-8,17H2,(H,19,20). The van der Waals surface area contributed by atoms with Crippen molar-refractivity contribution < 1.29 is 36.2 Å². The number of carbonyl (C=O) groups is 1. The Labute approximate surface area is 135 Å². The lowest BCUT2D eigenvalue weighted by atomic mass is 9.90.